The minimum Gasteiger partial charge on any atom is -0.311 e. The van der Waals surface area contributed by atoms with Crippen LogP contribution in [0.3, 0.4) is 0 Å². The monoisotopic (exact) mass is 335 g/mol. The molecule has 0 saturated carbocycles. The van der Waals surface area contributed by atoms with E-state index in [0.717, 1.165) is 31.8 Å². The highest BCUT2D eigenvalue weighted by Crippen LogP contribution is 2.31. The summed E-state index contributed by atoms with van der Waals surface area (Å²) >= 11 is 5.99. The van der Waals surface area contributed by atoms with E-state index in [4.69, 9.17) is 11.6 Å². The zero-order chi connectivity index (χ0) is 16.3. The molecule has 0 amide bonds. The summed E-state index contributed by atoms with van der Waals surface area (Å²) in [5, 5.41) is 3.58. The zero-order valence-electron chi connectivity index (χ0n) is 12.8. The predicted molar refractivity (Wildman–Crippen MR) is 82.1 cm³/mol. The second-order valence-corrected chi connectivity index (χ2v) is 6.24. The SMILES string of the molecule is CN1CCN(C)C(CNCc2cc(C(F)(F)F)ccc2Cl)C1. The molecule has 1 unspecified atom stereocenters. The molecule has 0 bridgehead atoms. The molecule has 22 heavy (non-hydrogen) atoms. The Morgan fingerprint density at radius 3 is 2.68 bits per heavy atom. The van der Waals surface area contributed by atoms with E-state index in [9.17, 15) is 13.2 Å². The van der Waals surface area contributed by atoms with E-state index < -0.39 is 11.7 Å². The first-order valence-corrected chi connectivity index (χ1v) is 7.60. The lowest BCUT2D eigenvalue weighted by molar-refractivity contribution is -0.137. The van der Waals surface area contributed by atoms with E-state index in [-0.39, 0.29) is 0 Å². The minimum absolute atomic E-state index is 0.330. The highest BCUT2D eigenvalue weighted by atomic mass is 35.5. The van der Waals surface area contributed by atoms with Crippen LogP contribution in [0.2, 0.25) is 5.02 Å². The quantitative estimate of drug-likeness (QED) is 0.912. The van der Waals surface area contributed by atoms with Crippen molar-refractivity contribution in [2.24, 2.45) is 0 Å². The van der Waals surface area contributed by atoms with Crippen molar-refractivity contribution in [2.45, 2.75) is 18.8 Å². The van der Waals surface area contributed by atoms with Crippen LogP contribution in [0.5, 0.6) is 0 Å². The highest BCUT2D eigenvalue weighted by Gasteiger charge is 2.30. The van der Waals surface area contributed by atoms with Gasteiger partial charge in [0.1, 0.15) is 0 Å². The molecule has 1 aliphatic heterocycles. The Hall–Kier alpha value is -0.820. The molecule has 1 N–H and O–H groups in total. The van der Waals surface area contributed by atoms with E-state index >= 15 is 0 Å². The van der Waals surface area contributed by atoms with Crippen LogP contribution in [-0.2, 0) is 12.7 Å². The van der Waals surface area contributed by atoms with Gasteiger partial charge >= 0.3 is 6.18 Å². The number of piperazine rings is 1. The van der Waals surface area contributed by atoms with Gasteiger partial charge in [0.15, 0.2) is 0 Å². The Morgan fingerprint density at radius 2 is 2.00 bits per heavy atom. The van der Waals surface area contributed by atoms with Crippen molar-refractivity contribution in [3.8, 4) is 0 Å². The molecule has 2 rings (SSSR count). The van der Waals surface area contributed by atoms with Crippen LogP contribution in [0.25, 0.3) is 0 Å². The van der Waals surface area contributed by atoms with Crippen molar-refractivity contribution in [1.29, 1.82) is 0 Å². The standard InChI is InChI=1S/C15H21ClF3N3/c1-21-5-6-22(2)13(10-21)9-20-8-11-7-12(15(17,18)19)3-4-14(11)16/h3-4,7,13,20H,5-6,8-10H2,1-2H3. The molecule has 0 radical (unpaired) electrons. The summed E-state index contributed by atoms with van der Waals surface area (Å²) in [5.74, 6) is 0. The Morgan fingerprint density at radius 1 is 1.27 bits per heavy atom. The molecule has 1 aromatic rings. The molecule has 0 aromatic heterocycles. The molecular weight excluding hydrogens is 315 g/mol. The molecule has 1 aromatic carbocycles. The number of nitrogens with zero attached hydrogens (tertiary/aromatic N) is 2. The Labute approximate surface area is 134 Å². The Bertz CT molecular complexity index is 507. The second kappa shape index (κ2) is 7.17. The third-order valence-corrected chi connectivity index (χ3v) is 4.42. The molecule has 1 atom stereocenters. The fraction of sp³-hybridized carbons (Fsp3) is 0.600. The fourth-order valence-electron chi connectivity index (χ4n) is 2.58. The smallest absolute Gasteiger partial charge is 0.311 e. The van der Waals surface area contributed by atoms with Crippen molar-refractivity contribution in [1.82, 2.24) is 15.1 Å². The van der Waals surface area contributed by atoms with Gasteiger partial charge in [-0.1, -0.05) is 11.6 Å². The lowest BCUT2D eigenvalue weighted by Gasteiger charge is -2.37. The molecule has 1 aliphatic rings. The predicted octanol–water partition coefficient (Wildman–Crippen LogP) is 2.69. The van der Waals surface area contributed by atoms with Crippen LogP contribution in [0.15, 0.2) is 18.2 Å². The maximum Gasteiger partial charge on any atom is 0.416 e. The highest BCUT2D eigenvalue weighted by molar-refractivity contribution is 6.31. The van der Waals surface area contributed by atoms with Gasteiger partial charge in [0.2, 0.25) is 0 Å². The van der Waals surface area contributed by atoms with E-state index in [1.165, 1.54) is 6.07 Å². The second-order valence-electron chi connectivity index (χ2n) is 5.83. The molecule has 0 aliphatic carbocycles. The molecule has 3 nitrogen and oxygen atoms in total. The summed E-state index contributed by atoms with van der Waals surface area (Å²) in [4.78, 5) is 4.52. The van der Waals surface area contributed by atoms with Gasteiger partial charge in [-0.2, -0.15) is 13.2 Å². The normalized spacial score (nSPS) is 21.3. The number of alkyl halides is 3. The molecule has 0 spiro atoms. The molecule has 1 fully saturated rings. The van der Waals surface area contributed by atoms with Gasteiger partial charge in [-0.05, 0) is 37.9 Å². The zero-order valence-corrected chi connectivity index (χ0v) is 13.5. The number of hydrogen-bond donors (Lipinski definition) is 1. The third kappa shape index (κ3) is 4.59. The van der Waals surface area contributed by atoms with Gasteiger partial charge in [0, 0.05) is 43.8 Å². The van der Waals surface area contributed by atoms with Crippen LogP contribution in [0.4, 0.5) is 13.2 Å². The van der Waals surface area contributed by atoms with Crippen LogP contribution < -0.4 is 5.32 Å². The van der Waals surface area contributed by atoms with Crippen molar-refractivity contribution >= 4 is 11.6 Å². The summed E-state index contributed by atoms with van der Waals surface area (Å²) in [6.07, 6.45) is -4.34. The summed E-state index contributed by atoms with van der Waals surface area (Å²) in [5.41, 5.74) is -0.188. The van der Waals surface area contributed by atoms with Crippen LogP contribution in [0.1, 0.15) is 11.1 Å². The molecule has 7 heteroatoms. The van der Waals surface area contributed by atoms with E-state index in [0.29, 0.717) is 29.7 Å². The Balaban J connectivity index is 1.94. The van der Waals surface area contributed by atoms with E-state index in [2.05, 4.69) is 29.2 Å². The van der Waals surface area contributed by atoms with Crippen molar-refractivity contribution in [2.75, 3.05) is 40.3 Å². The first kappa shape index (κ1) is 17.5. The first-order chi connectivity index (χ1) is 10.3. The van der Waals surface area contributed by atoms with Crippen molar-refractivity contribution in [3.63, 3.8) is 0 Å². The number of rotatable bonds is 4. The van der Waals surface area contributed by atoms with Crippen molar-refractivity contribution in [3.05, 3.63) is 34.3 Å². The lowest BCUT2D eigenvalue weighted by atomic mass is 10.1. The minimum atomic E-state index is -4.34. The summed E-state index contributed by atoms with van der Waals surface area (Å²) in [7, 11) is 4.14. The topological polar surface area (TPSA) is 18.5 Å². The lowest BCUT2D eigenvalue weighted by Crippen LogP contribution is -2.53. The molecular formula is C15H21ClF3N3. The largest absolute Gasteiger partial charge is 0.416 e. The average molecular weight is 336 g/mol. The van der Waals surface area contributed by atoms with Crippen LogP contribution in [-0.4, -0.2) is 56.1 Å². The fourth-order valence-corrected chi connectivity index (χ4v) is 2.77. The van der Waals surface area contributed by atoms with Gasteiger partial charge in [0.25, 0.3) is 0 Å². The third-order valence-electron chi connectivity index (χ3n) is 4.05. The van der Waals surface area contributed by atoms with Crippen LogP contribution >= 0.6 is 11.6 Å². The number of benzene rings is 1. The number of nitrogens with one attached hydrogen (secondary N) is 1. The molecule has 1 heterocycles. The van der Waals surface area contributed by atoms with Gasteiger partial charge in [-0.3, -0.25) is 4.90 Å². The maximum atomic E-state index is 12.7. The van der Waals surface area contributed by atoms with Gasteiger partial charge in [-0.15, -0.1) is 0 Å². The van der Waals surface area contributed by atoms with Gasteiger partial charge in [-0.25, -0.2) is 0 Å². The first-order valence-electron chi connectivity index (χ1n) is 7.22. The number of hydrogen-bond acceptors (Lipinski definition) is 3. The average Bonchev–Trinajstić information content (AvgIpc) is 2.43. The van der Waals surface area contributed by atoms with Crippen LogP contribution in [0, 0.1) is 0 Å². The summed E-state index contributed by atoms with van der Waals surface area (Å²) in [6, 6.07) is 3.78. The van der Waals surface area contributed by atoms with E-state index in [1.807, 2.05) is 0 Å². The summed E-state index contributed by atoms with van der Waals surface area (Å²) < 4.78 is 38.2. The number of likely N-dealkylation sites (N-methyl/N-ethyl adjacent to an activating group) is 2. The molecule has 124 valence electrons. The van der Waals surface area contributed by atoms with Gasteiger partial charge in [0.05, 0.1) is 5.56 Å². The number of halogens is 4. The molecule has 1 saturated heterocycles. The Kier molecular flexibility index (Phi) is 5.71. The van der Waals surface area contributed by atoms with Crippen molar-refractivity contribution < 1.29 is 13.2 Å². The van der Waals surface area contributed by atoms with E-state index in [1.54, 1.807) is 0 Å². The van der Waals surface area contributed by atoms with Gasteiger partial charge < -0.3 is 10.2 Å². The summed E-state index contributed by atoms with van der Waals surface area (Å²) in [6.45, 7) is 4.02. The maximum absolute atomic E-state index is 12.7.